The first-order chi connectivity index (χ1) is 17.1. The van der Waals surface area contributed by atoms with E-state index in [9.17, 15) is 9.90 Å². The lowest BCUT2D eigenvalue weighted by Crippen LogP contribution is -2.29. The number of pyridine rings is 1. The normalized spacial score (nSPS) is 18.5. The molecule has 9 heteroatoms. The van der Waals surface area contributed by atoms with E-state index in [0.29, 0.717) is 28.1 Å². The number of anilines is 1. The van der Waals surface area contributed by atoms with Gasteiger partial charge in [-0.2, -0.15) is 0 Å². The molecule has 8 nitrogen and oxygen atoms in total. The smallest absolute Gasteiger partial charge is 0.335 e. The minimum atomic E-state index is -0.972. The van der Waals surface area contributed by atoms with Crippen molar-refractivity contribution in [3.05, 3.63) is 96.0 Å². The third kappa shape index (κ3) is 3.75. The zero-order chi connectivity index (χ0) is 23.9. The molecule has 0 bridgehead atoms. The largest absolute Gasteiger partial charge is 0.478 e. The van der Waals surface area contributed by atoms with E-state index in [1.165, 1.54) is 0 Å². The number of fused-ring (bicyclic) bond motifs is 1. The molecule has 35 heavy (non-hydrogen) atoms. The van der Waals surface area contributed by atoms with Gasteiger partial charge >= 0.3 is 5.97 Å². The summed E-state index contributed by atoms with van der Waals surface area (Å²) in [6.07, 6.45) is 1.75. The van der Waals surface area contributed by atoms with Crippen molar-refractivity contribution in [2.75, 3.05) is 11.7 Å². The van der Waals surface area contributed by atoms with E-state index in [2.05, 4.69) is 10.3 Å². The minimum Gasteiger partial charge on any atom is -0.478 e. The molecule has 2 aromatic carbocycles. The van der Waals surface area contributed by atoms with Crippen LogP contribution in [0.3, 0.4) is 0 Å². The molecule has 6 rings (SSSR count). The highest BCUT2D eigenvalue weighted by Gasteiger charge is 2.43. The Balaban J connectivity index is 1.41. The molecule has 0 unspecified atom stereocenters. The molecule has 4 heterocycles. The summed E-state index contributed by atoms with van der Waals surface area (Å²) in [7, 11) is 0. The molecule has 1 saturated heterocycles. The number of ether oxygens (including phenoxy) is 2. The summed E-state index contributed by atoms with van der Waals surface area (Å²) < 4.78 is 17.4. The van der Waals surface area contributed by atoms with Gasteiger partial charge in [-0.15, -0.1) is 0 Å². The average Bonchev–Trinajstić information content (AvgIpc) is 3.62. The van der Waals surface area contributed by atoms with Crippen molar-refractivity contribution >= 4 is 29.0 Å². The average molecular weight is 486 g/mol. The Morgan fingerprint density at radius 1 is 1.03 bits per heavy atom. The number of rotatable bonds is 5. The molecule has 0 radical (unpaired) electrons. The van der Waals surface area contributed by atoms with Crippen LogP contribution in [0.5, 0.6) is 11.5 Å². The number of carboxylic acids is 1. The van der Waals surface area contributed by atoms with Crippen LogP contribution >= 0.6 is 12.2 Å². The topological polar surface area (TPSA) is 97.1 Å². The van der Waals surface area contributed by atoms with Crippen molar-refractivity contribution < 1.29 is 23.8 Å². The maximum Gasteiger partial charge on any atom is 0.335 e. The van der Waals surface area contributed by atoms with Crippen LogP contribution in [0.2, 0.25) is 0 Å². The summed E-state index contributed by atoms with van der Waals surface area (Å²) in [5.41, 5.74) is 2.65. The number of furan rings is 1. The second-order valence-electron chi connectivity index (χ2n) is 8.12. The standard InChI is InChI=1S/C26H19N3O5S/c30-25(31)16-6-4-15(5-7-16)19-10-11-21(34-19)24-23(18-3-1-2-12-27-18)28-26(35)29(24)17-8-9-20-22(13-17)33-14-32-20/h1-13,23-24H,14H2,(H,28,35)(H,30,31)/t23-,24-/m1/s1. The summed E-state index contributed by atoms with van der Waals surface area (Å²) in [6.45, 7) is 0.184. The summed E-state index contributed by atoms with van der Waals surface area (Å²) in [5, 5.41) is 13.1. The molecule has 2 atom stereocenters. The third-order valence-corrected chi connectivity index (χ3v) is 6.38. The Morgan fingerprint density at radius 3 is 2.63 bits per heavy atom. The highest BCUT2D eigenvalue weighted by Crippen LogP contribution is 2.45. The third-order valence-electron chi connectivity index (χ3n) is 6.07. The van der Waals surface area contributed by atoms with Crippen molar-refractivity contribution in [1.82, 2.24) is 10.3 Å². The zero-order valence-corrected chi connectivity index (χ0v) is 19.1. The van der Waals surface area contributed by atoms with Gasteiger partial charge in [0.25, 0.3) is 0 Å². The highest BCUT2D eigenvalue weighted by atomic mass is 32.1. The number of carbonyl (C=O) groups is 1. The number of benzene rings is 2. The van der Waals surface area contributed by atoms with Gasteiger partial charge in [-0.3, -0.25) is 4.98 Å². The van der Waals surface area contributed by atoms with E-state index in [-0.39, 0.29) is 24.4 Å². The highest BCUT2D eigenvalue weighted by molar-refractivity contribution is 7.80. The number of hydrogen-bond donors (Lipinski definition) is 2. The molecular weight excluding hydrogens is 466 g/mol. The lowest BCUT2D eigenvalue weighted by molar-refractivity contribution is 0.0697. The number of thiocarbonyl (C=S) groups is 1. The summed E-state index contributed by atoms with van der Waals surface area (Å²) in [6, 6.07) is 21.2. The number of hydrogen-bond acceptors (Lipinski definition) is 6. The van der Waals surface area contributed by atoms with E-state index in [0.717, 1.165) is 16.9 Å². The first-order valence-electron chi connectivity index (χ1n) is 10.9. The van der Waals surface area contributed by atoms with Gasteiger partial charge in [0.15, 0.2) is 16.6 Å². The molecule has 2 aromatic heterocycles. The van der Waals surface area contributed by atoms with Gasteiger partial charge in [-0.05, 0) is 60.7 Å². The number of carboxylic acid groups (broad SMARTS) is 1. The van der Waals surface area contributed by atoms with E-state index in [4.69, 9.17) is 26.1 Å². The molecule has 0 saturated carbocycles. The molecule has 2 N–H and O–H groups in total. The van der Waals surface area contributed by atoms with Crippen molar-refractivity contribution in [2.24, 2.45) is 0 Å². The molecule has 4 aromatic rings. The fraction of sp³-hybridized carbons (Fsp3) is 0.115. The molecule has 0 spiro atoms. The van der Waals surface area contributed by atoms with Crippen LogP contribution in [0.1, 0.15) is 33.9 Å². The first kappa shape index (κ1) is 21.2. The van der Waals surface area contributed by atoms with E-state index >= 15 is 0 Å². The molecule has 2 aliphatic heterocycles. The van der Waals surface area contributed by atoms with Gasteiger partial charge in [-0.25, -0.2) is 4.79 Å². The predicted octanol–water partition coefficient (Wildman–Crippen LogP) is 4.95. The van der Waals surface area contributed by atoms with Crippen molar-refractivity contribution in [1.29, 1.82) is 0 Å². The lowest BCUT2D eigenvalue weighted by atomic mass is 10.0. The number of aromatic nitrogens is 1. The maximum atomic E-state index is 11.2. The molecule has 0 amide bonds. The second kappa shape index (κ2) is 8.44. The Kier molecular flexibility index (Phi) is 5.11. The Labute approximate surface area is 205 Å². The van der Waals surface area contributed by atoms with Crippen molar-refractivity contribution in [3.8, 4) is 22.8 Å². The van der Waals surface area contributed by atoms with E-state index in [1.54, 1.807) is 30.5 Å². The van der Waals surface area contributed by atoms with Crippen molar-refractivity contribution in [2.45, 2.75) is 12.1 Å². The monoisotopic (exact) mass is 485 g/mol. The van der Waals surface area contributed by atoms with Crippen molar-refractivity contribution in [3.63, 3.8) is 0 Å². The summed E-state index contributed by atoms with van der Waals surface area (Å²) >= 11 is 5.76. The molecule has 0 aliphatic carbocycles. The van der Waals surface area contributed by atoms with Gasteiger partial charge in [0, 0.05) is 23.5 Å². The van der Waals surface area contributed by atoms with Crippen LogP contribution in [0, 0.1) is 0 Å². The van der Waals surface area contributed by atoms with Crippen LogP contribution in [0.4, 0.5) is 5.69 Å². The van der Waals surface area contributed by atoms with Gasteiger partial charge in [0.05, 0.1) is 17.3 Å². The number of aromatic carboxylic acids is 1. The summed E-state index contributed by atoms with van der Waals surface area (Å²) in [5.74, 6) is 1.68. The SMILES string of the molecule is O=C(O)c1ccc(-c2ccc([C@@H]3[C@@H](c4ccccn4)NC(=S)N3c3ccc4c(c3)OCO4)o2)cc1. The van der Waals surface area contributed by atoms with Crippen LogP contribution in [-0.4, -0.2) is 28.0 Å². The van der Waals surface area contributed by atoms with Crippen LogP contribution in [-0.2, 0) is 0 Å². The second-order valence-corrected chi connectivity index (χ2v) is 8.51. The van der Waals surface area contributed by atoms with Gasteiger partial charge < -0.3 is 29.2 Å². The van der Waals surface area contributed by atoms with Crippen LogP contribution in [0.15, 0.2) is 83.4 Å². The van der Waals surface area contributed by atoms with Gasteiger partial charge in [0.1, 0.15) is 17.6 Å². The van der Waals surface area contributed by atoms with Gasteiger partial charge in [0.2, 0.25) is 6.79 Å². The first-order valence-corrected chi connectivity index (χ1v) is 11.3. The Bertz CT molecular complexity index is 1420. The maximum absolute atomic E-state index is 11.2. The van der Waals surface area contributed by atoms with E-state index in [1.807, 2.05) is 53.4 Å². The molecule has 1 fully saturated rings. The molecule has 174 valence electrons. The predicted molar refractivity (Wildman–Crippen MR) is 132 cm³/mol. The fourth-order valence-electron chi connectivity index (χ4n) is 4.40. The number of nitrogens with one attached hydrogen (secondary N) is 1. The van der Waals surface area contributed by atoms with Gasteiger partial charge in [-0.1, -0.05) is 18.2 Å². The van der Waals surface area contributed by atoms with E-state index < -0.39 is 5.97 Å². The molecular formula is C26H19N3O5S. The number of nitrogens with zero attached hydrogens (tertiary/aromatic N) is 2. The lowest BCUT2D eigenvalue weighted by Gasteiger charge is -2.26. The Hall–Kier alpha value is -4.37. The molecule has 2 aliphatic rings. The van der Waals surface area contributed by atoms with Crippen LogP contribution < -0.4 is 19.7 Å². The minimum absolute atomic E-state index is 0.184. The van der Waals surface area contributed by atoms with Crippen LogP contribution in [0.25, 0.3) is 11.3 Å². The quantitative estimate of drug-likeness (QED) is 0.381. The fourth-order valence-corrected chi connectivity index (χ4v) is 4.75. The Morgan fingerprint density at radius 2 is 1.86 bits per heavy atom. The summed E-state index contributed by atoms with van der Waals surface area (Å²) in [4.78, 5) is 17.7. The zero-order valence-electron chi connectivity index (χ0n) is 18.3.